The number of likely N-dealkylation sites (tertiary alicyclic amines) is 1. The molecule has 1 aliphatic carbocycles. The number of pyridine rings is 1. The Labute approximate surface area is 170 Å². The molecule has 4 heterocycles. The molecule has 6 nitrogen and oxygen atoms in total. The minimum absolute atomic E-state index is 0.142. The van der Waals surface area contributed by atoms with Crippen LogP contribution in [0.25, 0.3) is 0 Å². The predicted octanol–water partition coefficient (Wildman–Crippen LogP) is 2.97. The second kappa shape index (κ2) is 7.07. The Morgan fingerprint density at radius 2 is 1.79 bits per heavy atom. The Morgan fingerprint density at radius 1 is 1.10 bits per heavy atom. The summed E-state index contributed by atoms with van der Waals surface area (Å²) in [5.41, 5.74) is 2.05. The highest BCUT2D eigenvalue weighted by atomic mass is 19.3. The van der Waals surface area contributed by atoms with E-state index in [-0.39, 0.29) is 24.9 Å². The fourth-order valence-electron chi connectivity index (χ4n) is 5.47. The van der Waals surface area contributed by atoms with Gasteiger partial charge in [-0.2, -0.15) is 0 Å². The molecule has 2 unspecified atom stereocenters. The second-order valence-electron chi connectivity index (χ2n) is 9.22. The minimum atomic E-state index is -2.58. The summed E-state index contributed by atoms with van der Waals surface area (Å²) in [5.74, 6) is -1.55. The first kappa shape index (κ1) is 19.0. The number of rotatable bonds is 2. The molecule has 2 bridgehead atoms. The van der Waals surface area contributed by atoms with E-state index in [4.69, 9.17) is 4.98 Å². The maximum atomic E-state index is 13.3. The van der Waals surface area contributed by atoms with E-state index < -0.39 is 5.92 Å². The molecular weight excluding hydrogens is 376 g/mol. The maximum absolute atomic E-state index is 13.3. The van der Waals surface area contributed by atoms with Crippen LogP contribution in [0.3, 0.4) is 0 Å². The summed E-state index contributed by atoms with van der Waals surface area (Å²) in [6.07, 6.45) is 2.82. The lowest BCUT2D eigenvalue weighted by atomic mass is 9.92. The van der Waals surface area contributed by atoms with Crippen LogP contribution in [0.15, 0.2) is 12.1 Å². The Kier molecular flexibility index (Phi) is 4.64. The van der Waals surface area contributed by atoms with Gasteiger partial charge in [0, 0.05) is 50.6 Å². The molecule has 3 fully saturated rings. The molecule has 0 spiro atoms. The number of alkyl halides is 2. The standard InChI is InChI=1S/C21H29F2N5O/c1-26-11-16-3-4-17(12-26)28(16)19-5-2-14-10-27(13-18(14)25-19)20(29)24-15-6-8-21(22,23)9-7-15/h2,5,15-17H,3-4,6-13H2,1H3,(H,24,29). The van der Waals surface area contributed by atoms with Gasteiger partial charge in [-0.15, -0.1) is 0 Å². The van der Waals surface area contributed by atoms with E-state index in [1.807, 2.05) is 0 Å². The lowest BCUT2D eigenvalue weighted by molar-refractivity contribution is -0.0398. The van der Waals surface area contributed by atoms with Crippen molar-refractivity contribution < 1.29 is 13.6 Å². The number of carbonyl (C=O) groups is 1. The summed E-state index contributed by atoms with van der Waals surface area (Å²) in [5, 5.41) is 2.95. The number of amides is 2. The summed E-state index contributed by atoms with van der Waals surface area (Å²) in [7, 11) is 2.18. The van der Waals surface area contributed by atoms with Crippen LogP contribution in [0.5, 0.6) is 0 Å². The Hall–Kier alpha value is -1.96. The highest BCUT2D eigenvalue weighted by Crippen LogP contribution is 2.35. The fraction of sp³-hybridized carbons (Fsp3) is 0.714. The Balaban J connectivity index is 1.23. The van der Waals surface area contributed by atoms with Crippen LogP contribution in [0.1, 0.15) is 49.8 Å². The van der Waals surface area contributed by atoms with Crippen LogP contribution in [-0.4, -0.2) is 65.0 Å². The molecule has 29 heavy (non-hydrogen) atoms. The molecule has 8 heteroatoms. The summed E-state index contributed by atoms with van der Waals surface area (Å²) >= 11 is 0. The van der Waals surface area contributed by atoms with Gasteiger partial charge in [0.2, 0.25) is 5.92 Å². The molecule has 1 aromatic heterocycles. The van der Waals surface area contributed by atoms with Gasteiger partial charge in [0.1, 0.15) is 5.82 Å². The van der Waals surface area contributed by atoms with Gasteiger partial charge in [0.25, 0.3) is 0 Å². The van der Waals surface area contributed by atoms with E-state index in [2.05, 4.69) is 34.3 Å². The van der Waals surface area contributed by atoms with Gasteiger partial charge in [-0.05, 0) is 44.4 Å². The van der Waals surface area contributed by atoms with Crippen molar-refractivity contribution in [2.45, 2.75) is 75.7 Å². The number of carbonyl (C=O) groups excluding carboxylic acids is 1. The van der Waals surface area contributed by atoms with Crippen LogP contribution < -0.4 is 10.2 Å². The van der Waals surface area contributed by atoms with E-state index in [0.29, 0.717) is 38.0 Å². The van der Waals surface area contributed by atoms with Gasteiger partial charge in [-0.1, -0.05) is 6.07 Å². The molecule has 1 aromatic rings. The molecule has 3 aliphatic heterocycles. The minimum Gasteiger partial charge on any atom is -0.348 e. The zero-order valence-corrected chi connectivity index (χ0v) is 16.9. The third kappa shape index (κ3) is 3.67. The van der Waals surface area contributed by atoms with Crippen LogP contribution in [0.4, 0.5) is 19.4 Å². The summed E-state index contributed by atoms with van der Waals surface area (Å²) in [6, 6.07) is 4.92. The number of hydrogen-bond donors (Lipinski definition) is 1. The van der Waals surface area contributed by atoms with Crippen molar-refractivity contribution in [3.05, 3.63) is 23.4 Å². The number of aromatic nitrogens is 1. The first-order chi connectivity index (χ1) is 13.9. The summed E-state index contributed by atoms with van der Waals surface area (Å²) in [6.45, 7) is 3.17. The van der Waals surface area contributed by atoms with E-state index in [9.17, 15) is 13.6 Å². The van der Waals surface area contributed by atoms with E-state index in [0.717, 1.165) is 30.2 Å². The van der Waals surface area contributed by atoms with Crippen molar-refractivity contribution in [2.75, 3.05) is 25.0 Å². The van der Waals surface area contributed by atoms with Gasteiger partial charge >= 0.3 is 6.03 Å². The molecule has 1 saturated carbocycles. The molecule has 2 atom stereocenters. The third-order valence-corrected chi connectivity index (χ3v) is 7.02. The lowest BCUT2D eigenvalue weighted by Crippen LogP contribution is -2.52. The molecule has 158 valence electrons. The SMILES string of the molecule is CN1CC2CCC(C1)N2c1ccc2c(n1)CN(C(=O)NC1CCC(F)(F)CC1)C2. The maximum Gasteiger partial charge on any atom is 0.318 e. The van der Waals surface area contributed by atoms with Crippen molar-refractivity contribution in [1.82, 2.24) is 20.1 Å². The van der Waals surface area contributed by atoms with E-state index >= 15 is 0 Å². The number of piperazine rings is 1. The van der Waals surface area contributed by atoms with Crippen LogP contribution >= 0.6 is 0 Å². The van der Waals surface area contributed by atoms with Crippen LogP contribution in [0, 0.1) is 0 Å². The summed E-state index contributed by atoms with van der Waals surface area (Å²) in [4.78, 5) is 24.2. The number of likely N-dealkylation sites (N-methyl/N-ethyl adjacent to an activating group) is 1. The number of hydrogen-bond acceptors (Lipinski definition) is 4. The topological polar surface area (TPSA) is 51.7 Å². The zero-order chi connectivity index (χ0) is 20.2. The average molecular weight is 405 g/mol. The second-order valence-corrected chi connectivity index (χ2v) is 9.22. The van der Waals surface area contributed by atoms with Gasteiger partial charge in [0.15, 0.2) is 0 Å². The van der Waals surface area contributed by atoms with E-state index in [1.54, 1.807) is 4.90 Å². The van der Waals surface area contributed by atoms with Crippen LogP contribution in [0.2, 0.25) is 0 Å². The van der Waals surface area contributed by atoms with Crippen molar-refractivity contribution in [1.29, 1.82) is 0 Å². The molecule has 2 saturated heterocycles. The predicted molar refractivity (Wildman–Crippen MR) is 106 cm³/mol. The molecule has 0 radical (unpaired) electrons. The van der Waals surface area contributed by atoms with Crippen molar-refractivity contribution >= 4 is 11.8 Å². The lowest BCUT2D eigenvalue weighted by Gasteiger charge is -2.40. The molecule has 4 aliphatic rings. The largest absolute Gasteiger partial charge is 0.348 e. The highest BCUT2D eigenvalue weighted by molar-refractivity contribution is 5.75. The van der Waals surface area contributed by atoms with Gasteiger partial charge in [-0.25, -0.2) is 18.6 Å². The van der Waals surface area contributed by atoms with Gasteiger partial charge < -0.3 is 20.0 Å². The smallest absolute Gasteiger partial charge is 0.318 e. The zero-order valence-electron chi connectivity index (χ0n) is 16.9. The average Bonchev–Trinajstić information content (AvgIpc) is 3.22. The quantitative estimate of drug-likeness (QED) is 0.822. The number of anilines is 1. The molecule has 0 aromatic carbocycles. The molecule has 5 rings (SSSR count). The van der Waals surface area contributed by atoms with E-state index in [1.165, 1.54) is 12.8 Å². The first-order valence-electron chi connectivity index (χ1n) is 10.8. The third-order valence-electron chi connectivity index (χ3n) is 7.02. The van der Waals surface area contributed by atoms with Crippen molar-refractivity contribution in [3.63, 3.8) is 0 Å². The molecular formula is C21H29F2N5O. The van der Waals surface area contributed by atoms with Crippen molar-refractivity contribution in [2.24, 2.45) is 0 Å². The number of halogens is 2. The number of fused-ring (bicyclic) bond motifs is 3. The number of nitrogens with one attached hydrogen (secondary N) is 1. The molecule has 2 amide bonds. The highest BCUT2D eigenvalue weighted by Gasteiger charge is 2.40. The Bertz CT molecular complexity index is 779. The van der Waals surface area contributed by atoms with Gasteiger partial charge in [0.05, 0.1) is 12.2 Å². The Morgan fingerprint density at radius 3 is 2.48 bits per heavy atom. The van der Waals surface area contributed by atoms with Gasteiger partial charge in [-0.3, -0.25) is 0 Å². The van der Waals surface area contributed by atoms with Crippen LogP contribution in [-0.2, 0) is 13.1 Å². The normalized spacial score (nSPS) is 29.2. The monoisotopic (exact) mass is 405 g/mol. The fourth-order valence-corrected chi connectivity index (χ4v) is 5.47. The number of nitrogens with zero attached hydrogens (tertiary/aromatic N) is 4. The van der Waals surface area contributed by atoms with Crippen molar-refractivity contribution in [3.8, 4) is 0 Å². The first-order valence-corrected chi connectivity index (χ1v) is 10.8. The number of urea groups is 1. The molecule has 1 N–H and O–H groups in total. The summed E-state index contributed by atoms with van der Waals surface area (Å²) < 4.78 is 26.7.